The second kappa shape index (κ2) is 8.86. The number of benzene rings is 1. The van der Waals surface area contributed by atoms with Crippen molar-refractivity contribution >= 4 is 29.0 Å². The van der Waals surface area contributed by atoms with Crippen LogP contribution in [0.5, 0.6) is 0 Å². The number of para-hydroxylation sites is 1. The summed E-state index contributed by atoms with van der Waals surface area (Å²) in [6, 6.07) is 11.3. The van der Waals surface area contributed by atoms with Crippen LogP contribution in [0.4, 0.5) is 10.5 Å². The lowest BCUT2D eigenvalue weighted by Crippen LogP contribution is -2.37. The second-order valence-electron chi connectivity index (χ2n) is 9.07. The summed E-state index contributed by atoms with van der Waals surface area (Å²) >= 11 is 6.40. The predicted octanol–water partition coefficient (Wildman–Crippen LogP) is 5.63. The van der Waals surface area contributed by atoms with Crippen LogP contribution in [0.1, 0.15) is 51.8 Å². The first-order valence-electron chi connectivity index (χ1n) is 10.8. The average molecular weight is 467 g/mol. The Hall–Kier alpha value is -3.39. The van der Waals surface area contributed by atoms with E-state index in [9.17, 15) is 4.79 Å². The lowest BCUT2D eigenvalue weighted by molar-refractivity contribution is 0.0577. The first-order chi connectivity index (χ1) is 15.6. The van der Waals surface area contributed by atoms with E-state index >= 15 is 0 Å². The molecular weight excluding hydrogens is 440 g/mol. The smallest absolute Gasteiger partial charge is 0.415 e. The van der Waals surface area contributed by atoms with Gasteiger partial charge in [0.1, 0.15) is 5.60 Å². The van der Waals surface area contributed by atoms with Crippen LogP contribution < -0.4 is 4.90 Å². The fourth-order valence-corrected chi connectivity index (χ4v) is 3.73. The number of carbonyl (C=O) groups excluding carboxylic acids is 1. The standard InChI is InChI=1S/C24H27ClN6O2/c1-16(2)20-14-26-22-19(13-21(25)28-31(20)22)29(23(32)33-24(3,4)5)15-17-9-6-7-10-18(17)30-12-8-11-27-30/h6-14,16H,15H2,1-5H3. The van der Waals surface area contributed by atoms with Gasteiger partial charge in [-0.2, -0.15) is 10.2 Å². The van der Waals surface area contributed by atoms with E-state index in [1.54, 1.807) is 32.6 Å². The van der Waals surface area contributed by atoms with Crippen LogP contribution in [-0.4, -0.2) is 36.1 Å². The number of aromatic nitrogens is 5. The maximum absolute atomic E-state index is 13.4. The van der Waals surface area contributed by atoms with Crippen LogP contribution in [-0.2, 0) is 11.3 Å². The third-order valence-corrected chi connectivity index (χ3v) is 5.20. The molecule has 0 bridgehead atoms. The molecule has 4 aromatic rings. The van der Waals surface area contributed by atoms with Gasteiger partial charge in [-0.3, -0.25) is 4.90 Å². The maximum atomic E-state index is 13.4. The van der Waals surface area contributed by atoms with Gasteiger partial charge in [0.05, 0.1) is 29.8 Å². The lowest BCUT2D eigenvalue weighted by Gasteiger charge is -2.28. The van der Waals surface area contributed by atoms with Crippen molar-refractivity contribution in [2.24, 2.45) is 0 Å². The van der Waals surface area contributed by atoms with E-state index < -0.39 is 11.7 Å². The van der Waals surface area contributed by atoms with E-state index in [-0.39, 0.29) is 17.6 Å². The summed E-state index contributed by atoms with van der Waals surface area (Å²) in [5.74, 6) is 0.175. The van der Waals surface area contributed by atoms with Gasteiger partial charge in [-0.1, -0.05) is 43.6 Å². The van der Waals surface area contributed by atoms with Crippen molar-refractivity contribution in [2.45, 2.75) is 52.7 Å². The van der Waals surface area contributed by atoms with Gasteiger partial charge in [0.15, 0.2) is 10.8 Å². The third-order valence-electron chi connectivity index (χ3n) is 5.01. The fourth-order valence-electron chi connectivity index (χ4n) is 3.55. The van der Waals surface area contributed by atoms with Gasteiger partial charge in [0.25, 0.3) is 0 Å². The zero-order valence-corrected chi connectivity index (χ0v) is 20.1. The van der Waals surface area contributed by atoms with Gasteiger partial charge >= 0.3 is 6.09 Å². The Morgan fingerprint density at radius 1 is 1.21 bits per heavy atom. The predicted molar refractivity (Wildman–Crippen MR) is 128 cm³/mol. The summed E-state index contributed by atoms with van der Waals surface area (Å²) in [4.78, 5) is 19.6. The molecule has 4 rings (SSSR count). The Morgan fingerprint density at radius 2 is 1.97 bits per heavy atom. The third kappa shape index (κ3) is 4.85. The number of anilines is 1. The highest BCUT2D eigenvalue weighted by Crippen LogP contribution is 2.30. The topological polar surface area (TPSA) is 77.5 Å². The molecule has 3 heterocycles. The number of rotatable bonds is 5. The molecule has 0 aliphatic carbocycles. The quantitative estimate of drug-likeness (QED) is 0.380. The van der Waals surface area contributed by atoms with Crippen molar-refractivity contribution in [3.63, 3.8) is 0 Å². The van der Waals surface area contributed by atoms with Crippen molar-refractivity contribution in [1.82, 2.24) is 24.4 Å². The molecule has 0 N–H and O–H groups in total. The summed E-state index contributed by atoms with van der Waals surface area (Å²) in [6.07, 6.45) is 4.84. The molecule has 8 nitrogen and oxygen atoms in total. The molecule has 33 heavy (non-hydrogen) atoms. The number of carbonyl (C=O) groups is 1. The average Bonchev–Trinajstić information content (AvgIpc) is 3.40. The van der Waals surface area contributed by atoms with Crippen LogP contribution in [0, 0.1) is 0 Å². The van der Waals surface area contributed by atoms with E-state index in [0.29, 0.717) is 11.3 Å². The zero-order chi connectivity index (χ0) is 23.8. The summed E-state index contributed by atoms with van der Waals surface area (Å²) in [5, 5.41) is 9.03. The molecule has 0 fully saturated rings. The summed E-state index contributed by atoms with van der Waals surface area (Å²) in [5.41, 5.74) is 3.02. The van der Waals surface area contributed by atoms with Crippen molar-refractivity contribution in [2.75, 3.05) is 4.90 Å². The molecule has 0 aliphatic rings. The minimum atomic E-state index is -0.678. The van der Waals surface area contributed by atoms with Gasteiger partial charge in [-0.15, -0.1) is 0 Å². The molecule has 0 spiro atoms. The maximum Gasteiger partial charge on any atom is 0.415 e. The molecule has 0 atom stereocenters. The molecule has 172 valence electrons. The van der Waals surface area contributed by atoms with Gasteiger partial charge < -0.3 is 4.74 Å². The Bertz CT molecular complexity index is 1270. The molecule has 0 aliphatic heterocycles. The van der Waals surface area contributed by atoms with E-state index in [0.717, 1.165) is 16.9 Å². The molecule has 0 radical (unpaired) electrons. The Kier molecular flexibility index (Phi) is 6.12. The highest BCUT2D eigenvalue weighted by Gasteiger charge is 2.28. The molecule has 3 aromatic heterocycles. The molecule has 1 amide bonds. The fraction of sp³-hybridized carbons (Fsp3) is 0.333. The van der Waals surface area contributed by atoms with Gasteiger partial charge in [0, 0.05) is 18.5 Å². The summed E-state index contributed by atoms with van der Waals surface area (Å²) in [6.45, 7) is 9.84. The molecular formula is C24H27ClN6O2. The van der Waals surface area contributed by atoms with Crippen molar-refractivity contribution in [3.05, 3.63) is 71.4 Å². The van der Waals surface area contributed by atoms with Gasteiger partial charge in [0.2, 0.25) is 0 Å². The number of amides is 1. The summed E-state index contributed by atoms with van der Waals surface area (Å²) in [7, 11) is 0. The van der Waals surface area contributed by atoms with Crippen molar-refractivity contribution in [3.8, 4) is 5.69 Å². The molecule has 0 unspecified atom stereocenters. The highest BCUT2D eigenvalue weighted by molar-refractivity contribution is 6.29. The first kappa shape index (κ1) is 22.8. The number of hydrogen-bond donors (Lipinski definition) is 0. The SMILES string of the molecule is CC(C)c1cnc2c(N(Cc3ccccc3-n3cccn3)C(=O)OC(C)(C)C)cc(Cl)nn12. The van der Waals surface area contributed by atoms with Crippen LogP contribution in [0.15, 0.2) is 55.0 Å². The minimum Gasteiger partial charge on any atom is -0.443 e. The Labute approximate surface area is 197 Å². The summed E-state index contributed by atoms with van der Waals surface area (Å²) < 4.78 is 9.23. The number of halogens is 1. The van der Waals surface area contributed by atoms with Gasteiger partial charge in [-0.25, -0.2) is 19.0 Å². The first-order valence-corrected chi connectivity index (χ1v) is 11.1. The van der Waals surface area contributed by atoms with Crippen molar-refractivity contribution < 1.29 is 9.53 Å². The largest absolute Gasteiger partial charge is 0.443 e. The molecule has 1 aromatic carbocycles. The van der Waals surface area contributed by atoms with Crippen LogP contribution >= 0.6 is 11.6 Å². The minimum absolute atomic E-state index is 0.175. The number of hydrogen-bond acceptors (Lipinski definition) is 5. The number of fused-ring (bicyclic) bond motifs is 1. The van der Waals surface area contributed by atoms with E-state index in [1.165, 1.54) is 0 Å². The second-order valence-corrected chi connectivity index (χ2v) is 9.46. The molecule has 0 saturated heterocycles. The molecule has 9 heteroatoms. The van der Waals surface area contributed by atoms with Crippen LogP contribution in [0.3, 0.4) is 0 Å². The van der Waals surface area contributed by atoms with Crippen molar-refractivity contribution in [1.29, 1.82) is 0 Å². The monoisotopic (exact) mass is 466 g/mol. The Morgan fingerprint density at radius 3 is 2.64 bits per heavy atom. The van der Waals surface area contributed by atoms with E-state index in [2.05, 4.69) is 29.0 Å². The van der Waals surface area contributed by atoms with E-state index in [1.807, 2.05) is 57.3 Å². The lowest BCUT2D eigenvalue weighted by atomic mass is 10.1. The van der Waals surface area contributed by atoms with Crippen LogP contribution in [0.2, 0.25) is 5.15 Å². The van der Waals surface area contributed by atoms with Gasteiger partial charge in [-0.05, 0) is 44.4 Å². The number of nitrogens with zero attached hydrogens (tertiary/aromatic N) is 6. The van der Waals surface area contributed by atoms with Crippen LogP contribution in [0.25, 0.3) is 11.3 Å². The zero-order valence-electron chi connectivity index (χ0n) is 19.4. The normalized spacial score (nSPS) is 11.8. The Balaban J connectivity index is 1.86. The molecule has 0 saturated carbocycles. The number of ether oxygens (including phenoxy) is 1. The number of imidazole rings is 1. The highest BCUT2D eigenvalue weighted by atomic mass is 35.5. The van der Waals surface area contributed by atoms with E-state index in [4.69, 9.17) is 16.3 Å².